The van der Waals surface area contributed by atoms with Crippen molar-refractivity contribution >= 4 is 11.9 Å². The molecule has 3 heterocycles. The highest BCUT2D eigenvalue weighted by molar-refractivity contribution is 5.73. The largest absolute Gasteiger partial charge is 0.490 e. The third-order valence-corrected chi connectivity index (χ3v) is 4.15. The summed E-state index contributed by atoms with van der Waals surface area (Å²) in [6, 6.07) is 4.11. The molecule has 190 valence electrons. The van der Waals surface area contributed by atoms with Crippen LogP contribution in [0.2, 0.25) is 0 Å². The standard InChI is InChI=1S/C15H20N4O.2C2HF3O2/c1-20-12-14-9-18(8-13-3-2-4-16-7-13)11-15-17-5-6-19(15)10-14;2*3-2(4,5)1(6)7/h2-7,14H,8-12H2,1H3;2*(H,6,7). The number of carbonyl (C=O) groups is 2. The summed E-state index contributed by atoms with van der Waals surface area (Å²) in [5, 5.41) is 14.2. The van der Waals surface area contributed by atoms with Crippen LogP contribution in [0.1, 0.15) is 11.4 Å². The maximum absolute atomic E-state index is 10.6. The molecule has 2 aromatic rings. The monoisotopic (exact) mass is 500 g/mol. The van der Waals surface area contributed by atoms with Crippen LogP contribution in [0.3, 0.4) is 0 Å². The predicted molar refractivity (Wildman–Crippen MR) is 103 cm³/mol. The van der Waals surface area contributed by atoms with Crippen molar-refractivity contribution in [3.63, 3.8) is 0 Å². The normalized spacial score (nSPS) is 16.1. The van der Waals surface area contributed by atoms with Gasteiger partial charge in [-0.05, 0) is 11.6 Å². The molecule has 0 radical (unpaired) electrons. The summed E-state index contributed by atoms with van der Waals surface area (Å²) in [6.45, 7) is 4.56. The Bertz CT molecular complexity index is 881. The van der Waals surface area contributed by atoms with Gasteiger partial charge in [-0.15, -0.1) is 0 Å². The number of halogens is 6. The molecule has 34 heavy (non-hydrogen) atoms. The molecule has 0 aliphatic carbocycles. The van der Waals surface area contributed by atoms with Crippen molar-refractivity contribution in [2.45, 2.75) is 32.0 Å². The molecule has 3 rings (SSSR count). The van der Waals surface area contributed by atoms with Crippen molar-refractivity contribution in [3.8, 4) is 0 Å². The number of nitrogens with zero attached hydrogens (tertiary/aromatic N) is 4. The van der Waals surface area contributed by atoms with E-state index < -0.39 is 24.3 Å². The topological polar surface area (TPSA) is 118 Å². The van der Waals surface area contributed by atoms with E-state index in [-0.39, 0.29) is 0 Å². The molecular weight excluding hydrogens is 478 g/mol. The summed E-state index contributed by atoms with van der Waals surface area (Å²) in [5.41, 5.74) is 1.24. The Balaban J connectivity index is 0.000000343. The van der Waals surface area contributed by atoms with Crippen molar-refractivity contribution in [1.82, 2.24) is 19.4 Å². The molecule has 1 aliphatic rings. The van der Waals surface area contributed by atoms with E-state index in [1.54, 1.807) is 7.11 Å². The second-order valence-corrected chi connectivity index (χ2v) is 6.95. The lowest BCUT2D eigenvalue weighted by Crippen LogP contribution is -2.29. The van der Waals surface area contributed by atoms with Crippen LogP contribution in [-0.4, -0.2) is 74.2 Å². The van der Waals surface area contributed by atoms with Crippen LogP contribution in [-0.2, 0) is 34.0 Å². The fourth-order valence-corrected chi connectivity index (χ4v) is 2.83. The Kier molecular flexibility index (Phi) is 10.9. The van der Waals surface area contributed by atoms with E-state index in [1.165, 1.54) is 5.56 Å². The first-order chi connectivity index (χ1) is 15.7. The van der Waals surface area contributed by atoms with E-state index >= 15 is 0 Å². The first-order valence-corrected chi connectivity index (χ1v) is 9.44. The van der Waals surface area contributed by atoms with Gasteiger partial charge in [-0.3, -0.25) is 9.88 Å². The molecule has 15 heteroatoms. The average molecular weight is 500 g/mol. The Morgan fingerprint density at radius 3 is 2.15 bits per heavy atom. The number of imidazole rings is 1. The van der Waals surface area contributed by atoms with Gasteiger partial charge in [-0.2, -0.15) is 26.3 Å². The molecule has 2 N–H and O–H groups in total. The number of hydrogen-bond acceptors (Lipinski definition) is 6. The molecule has 9 nitrogen and oxygen atoms in total. The van der Waals surface area contributed by atoms with Crippen molar-refractivity contribution in [2.24, 2.45) is 5.92 Å². The molecule has 2 aromatic heterocycles. The third kappa shape index (κ3) is 10.6. The number of pyridine rings is 1. The number of alkyl halides is 6. The number of aromatic nitrogens is 3. The lowest BCUT2D eigenvalue weighted by atomic mass is 10.1. The Morgan fingerprint density at radius 1 is 1.09 bits per heavy atom. The van der Waals surface area contributed by atoms with E-state index in [1.807, 2.05) is 24.7 Å². The summed E-state index contributed by atoms with van der Waals surface area (Å²) in [6.07, 6.45) is -2.48. The number of hydrogen-bond donors (Lipinski definition) is 2. The minimum absolute atomic E-state index is 0.493. The maximum Gasteiger partial charge on any atom is 0.490 e. The van der Waals surface area contributed by atoms with Crippen LogP contribution in [0.15, 0.2) is 36.9 Å². The number of ether oxygens (including phenoxy) is 1. The number of fused-ring (bicyclic) bond motifs is 1. The highest BCUT2D eigenvalue weighted by Gasteiger charge is 2.38. The molecule has 0 amide bonds. The van der Waals surface area contributed by atoms with Crippen molar-refractivity contribution in [2.75, 3.05) is 20.3 Å². The second kappa shape index (κ2) is 12.9. The quantitative estimate of drug-likeness (QED) is 0.616. The van der Waals surface area contributed by atoms with Crippen LogP contribution in [0.5, 0.6) is 0 Å². The van der Waals surface area contributed by atoms with Gasteiger partial charge in [0.2, 0.25) is 0 Å². The van der Waals surface area contributed by atoms with Crippen molar-refractivity contribution in [1.29, 1.82) is 0 Å². The molecule has 1 atom stereocenters. The Hall–Kier alpha value is -3.20. The van der Waals surface area contributed by atoms with Crippen LogP contribution in [0, 0.1) is 5.92 Å². The number of methoxy groups -OCH3 is 1. The van der Waals surface area contributed by atoms with E-state index in [0.717, 1.165) is 38.6 Å². The zero-order chi connectivity index (χ0) is 25.9. The van der Waals surface area contributed by atoms with E-state index in [2.05, 4.69) is 31.7 Å². The highest BCUT2D eigenvalue weighted by Crippen LogP contribution is 2.18. The van der Waals surface area contributed by atoms with Gasteiger partial charge in [0, 0.05) is 57.4 Å². The summed E-state index contributed by atoms with van der Waals surface area (Å²) in [7, 11) is 1.77. The third-order valence-electron chi connectivity index (χ3n) is 4.15. The van der Waals surface area contributed by atoms with Gasteiger partial charge in [0.05, 0.1) is 13.2 Å². The Labute approximate surface area is 189 Å². The van der Waals surface area contributed by atoms with Gasteiger partial charge in [0.15, 0.2) is 0 Å². The summed E-state index contributed by atoms with van der Waals surface area (Å²) >= 11 is 0. The molecular formula is C19H22F6N4O5. The zero-order valence-corrected chi connectivity index (χ0v) is 17.8. The first-order valence-electron chi connectivity index (χ1n) is 9.44. The number of carboxylic acid groups (broad SMARTS) is 2. The summed E-state index contributed by atoms with van der Waals surface area (Å²) in [5.74, 6) is -3.89. The zero-order valence-electron chi connectivity index (χ0n) is 17.8. The molecule has 0 spiro atoms. The van der Waals surface area contributed by atoms with Gasteiger partial charge in [0.25, 0.3) is 0 Å². The molecule has 0 aromatic carbocycles. The number of aliphatic carboxylic acids is 2. The van der Waals surface area contributed by atoms with Crippen LogP contribution in [0.4, 0.5) is 26.3 Å². The van der Waals surface area contributed by atoms with E-state index in [0.29, 0.717) is 5.92 Å². The van der Waals surface area contributed by atoms with E-state index in [9.17, 15) is 26.3 Å². The lowest BCUT2D eigenvalue weighted by Gasteiger charge is -2.23. The molecule has 0 saturated heterocycles. The van der Waals surface area contributed by atoms with Gasteiger partial charge < -0.3 is 19.5 Å². The molecule has 0 bridgehead atoms. The fourth-order valence-electron chi connectivity index (χ4n) is 2.83. The Morgan fingerprint density at radius 2 is 1.68 bits per heavy atom. The predicted octanol–water partition coefficient (Wildman–Crippen LogP) is 2.82. The van der Waals surface area contributed by atoms with Gasteiger partial charge in [0.1, 0.15) is 5.82 Å². The van der Waals surface area contributed by atoms with Crippen LogP contribution < -0.4 is 0 Å². The fraction of sp³-hybridized carbons (Fsp3) is 0.474. The summed E-state index contributed by atoms with van der Waals surface area (Å²) < 4.78 is 71.1. The minimum Gasteiger partial charge on any atom is -0.475 e. The minimum atomic E-state index is -5.08. The maximum atomic E-state index is 10.6. The molecule has 1 aliphatic heterocycles. The smallest absolute Gasteiger partial charge is 0.475 e. The first kappa shape index (κ1) is 28.8. The molecule has 0 fully saturated rings. The van der Waals surface area contributed by atoms with Crippen molar-refractivity contribution < 1.29 is 50.9 Å². The van der Waals surface area contributed by atoms with Gasteiger partial charge >= 0.3 is 24.3 Å². The van der Waals surface area contributed by atoms with Gasteiger partial charge in [-0.25, -0.2) is 14.6 Å². The number of rotatable bonds is 4. The summed E-state index contributed by atoms with van der Waals surface area (Å²) in [4.78, 5) is 28.9. The van der Waals surface area contributed by atoms with Crippen molar-refractivity contribution in [3.05, 3.63) is 48.3 Å². The van der Waals surface area contributed by atoms with E-state index in [4.69, 9.17) is 24.5 Å². The van der Waals surface area contributed by atoms with Crippen LogP contribution >= 0.6 is 0 Å². The number of carboxylic acids is 2. The molecule has 1 unspecified atom stereocenters. The lowest BCUT2D eigenvalue weighted by molar-refractivity contribution is -0.193. The SMILES string of the molecule is COCC1CN(Cc2cccnc2)Cc2nccn2C1.O=C(O)C(F)(F)F.O=C(O)C(F)(F)F. The second-order valence-electron chi connectivity index (χ2n) is 6.95. The molecule has 0 saturated carbocycles. The average Bonchev–Trinajstić information content (AvgIpc) is 3.08. The highest BCUT2D eigenvalue weighted by atomic mass is 19.4. The van der Waals surface area contributed by atoms with Gasteiger partial charge in [-0.1, -0.05) is 6.07 Å². The van der Waals surface area contributed by atoms with Crippen LogP contribution in [0.25, 0.3) is 0 Å².